The van der Waals surface area contributed by atoms with Gasteiger partial charge in [0.25, 0.3) is 0 Å². The van der Waals surface area contributed by atoms with Crippen molar-refractivity contribution in [2.24, 2.45) is 23.7 Å². The number of aryl methyl sites for hydroxylation is 2. The Bertz CT molecular complexity index is 1190. The molecule has 3 heteroatoms. The van der Waals surface area contributed by atoms with Crippen LogP contribution in [-0.2, 0) is 23.8 Å². The molecule has 0 saturated heterocycles. The van der Waals surface area contributed by atoms with E-state index in [2.05, 4.69) is 66.2 Å². The second kappa shape index (κ2) is 8.94. The molecule has 170 valence electrons. The minimum atomic E-state index is -1.70. The van der Waals surface area contributed by atoms with Gasteiger partial charge in [0.05, 0.1) is 0 Å². The van der Waals surface area contributed by atoms with Gasteiger partial charge in [-0.1, -0.05) is 0 Å². The predicted molar refractivity (Wildman–Crippen MR) is 128 cm³/mol. The smallest absolute Gasteiger partial charge is 1.00 e. The zero-order chi connectivity index (χ0) is 20.7. The van der Waals surface area contributed by atoms with Gasteiger partial charge in [0, 0.05) is 0 Å². The average molecular weight is 511 g/mol. The van der Waals surface area contributed by atoms with Gasteiger partial charge in [-0.25, -0.2) is 0 Å². The molecule has 0 nitrogen and oxygen atoms in total. The van der Waals surface area contributed by atoms with Crippen LogP contribution in [0.25, 0.3) is 11.1 Å². The van der Waals surface area contributed by atoms with Crippen molar-refractivity contribution >= 4 is 7.68 Å². The van der Waals surface area contributed by atoms with Crippen molar-refractivity contribution in [3.05, 3.63) is 74.7 Å². The minimum absolute atomic E-state index is 0. The Morgan fingerprint density at radius 3 is 2.18 bits per heavy atom. The summed E-state index contributed by atoms with van der Waals surface area (Å²) in [6.45, 7) is 4.67. The summed E-state index contributed by atoms with van der Waals surface area (Å²) in [6.07, 6.45) is 17.3. The number of hydrogen-bond donors (Lipinski definition) is 0. The normalized spacial score (nSPS) is 27.3. The summed E-state index contributed by atoms with van der Waals surface area (Å²) >= 11 is -1.70. The van der Waals surface area contributed by atoms with Gasteiger partial charge in [0.1, 0.15) is 0 Å². The molecule has 4 bridgehead atoms. The quantitative estimate of drug-likeness (QED) is 0.443. The van der Waals surface area contributed by atoms with E-state index in [0.29, 0.717) is 0 Å². The van der Waals surface area contributed by atoms with Crippen LogP contribution in [0.2, 0.25) is 0 Å². The van der Waals surface area contributed by atoms with Gasteiger partial charge in [-0.15, -0.1) is 0 Å². The molecule has 8 rings (SSSR count). The van der Waals surface area contributed by atoms with Gasteiger partial charge in [0.15, 0.2) is 0 Å². The fourth-order valence-electron chi connectivity index (χ4n) is 8.09. The molecule has 0 radical (unpaired) electrons. The number of hydrogen-bond acceptors (Lipinski definition) is 0. The Morgan fingerprint density at radius 1 is 0.818 bits per heavy atom. The molecule has 0 atom stereocenters. The number of benzene rings is 2. The Morgan fingerprint density at radius 2 is 1.52 bits per heavy atom. The van der Waals surface area contributed by atoms with E-state index >= 15 is 0 Å². The summed E-state index contributed by atoms with van der Waals surface area (Å²) in [6, 6.07) is 12.0. The summed E-state index contributed by atoms with van der Waals surface area (Å²) in [4.78, 5) is 0. The summed E-state index contributed by atoms with van der Waals surface area (Å²) in [5.74, 6) is 4.01. The molecule has 0 heterocycles. The van der Waals surface area contributed by atoms with Gasteiger partial charge in [0.2, 0.25) is 0 Å². The fourth-order valence-corrected chi connectivity index (χ4v) is 14.1. The molecule has 0 aliphatic heterocycles. The van der Waals surface area contributed by atoms with Crippen molar-refractivity contribution in [3.8, 4) is 11.1 Å². The third-order valence-corrected chi connectivity index (χ3v) is 14.7. The van der Waals surface area contributed by atoms with E-state index in [0.717, 1.165) is 30.1 Å². The largest absolute Gasteiger partial charge is 1.00 e. The third kappa shape index (κ3) is 3.72. The van der Waals surface area contributed by atoms with Crippen LogP contribution in [0, 0.1) is 37.5 Å². The molecule has 33 heavy (non-hydrogen) atoms. The predicted octanol–water partition coefficient (Wildman–Crippen LogP) is 0.598. The van der Waals surface area contributed by atoms with Crippen LogP contribution >= 0.6 is 0 Å². The number of halogens is 2. The van der Waals surface area contributed by atoms with E-state index in [9.17, 15) is 0 Å². The van der Waals surface area contributed by atoms with Crippen LogP contribution in [0.3, 0.4) is 0 Å². The van der Waals surface area contributed by atoms with Gasteiger partial charge in [-0.3, -0.25) is 0 Å². The zero-order valence-electron chi connectivity index (χ0n) is 19.6. The summed E-state index contributed by atoms with van der Waals surface area (Å²) in [5, 5.41) is 0. The molecule has 0 aromatic heterocycles. The number of allylic oxidation sites excluding steroid dienone is 4. The van der Waals surface area contributed by atoms with Crippen molar-refractivity contribution in [3.63, 3.8) is 0 Å². The average Bonchev–Trinajstić information content (AvgIpc) is 3.38. The van der Waals surface area contributed by atoms with E-state index in [4.69, 9.17) is 0 Å². The second-order valence-corrected chi connectivity index (χ2v) is 14.9. The van der Waals surface area contributed by atoms with Crippen LogP contribution in [0.1, 0.15) is 60.8 Å². The molecule has 2 aromatic rings. The van der Waals surface area contributed by atoms with Crippen LogP contribution in [0.15, 0.2) is 52.4 Å². The Kier molecular flexibility index (Phi) is 6.45. The molecule has 0 unspecified atom stereocenters. The molecular weight excluding hydrogens is 479 g/mol. The van der Waals surface area contributed by atoms with Gasteiger partial charge >= 0.3 is 193 Å². The Hall–Kier alpha value is -0.916. The Balaban J connectivity index is 0.00000114. The molecule has 4 saturated carbocycles. The van der Waals surface area contributed by atoms with Gasteiger partial charge in [-0.05, 0) is 0 Å². The maximum absolute atomic E-state index is 2.54. The minimum Gasteiger partial charge on any atom is -1.00 e. The number of fused-ring (bicyclic) bond motifs is 3. The van der Waals surface area contributed by atoms with Gasteiger partial charge < -0.3 is 24.8 Å². The molecule has 0 spiro atoms. The van der Waals surface area contributed by atoms with Crippen molar-refractivity contribution < 1.29 is 42.2 Å². The SMILES string of the molecule is Cc1ccc2c(c1)Cc1c-2ccc(C)[c]1[Ti+2]([C]1=CC=CC1)=[C]1C2CC3CC(C2)CC1C3.[Cl-].[Cl-]. The molecule has 4 fully saturated rings. The topological polar surface area (TPSA) is 0 Å². The molecule has 0 amide bonds. The standard InChI is InChI=1S/C15H13.C10H14.C5H5.2ClH.Ti/c1-10-3-5-14-12(7-10)9-13-8-11(2)4-6-15(13)14;1-7-2-9-4-8(1)5-10(3-7)6-9;1-2-4-5-3-1;;;/h3-7H,9H2,1-2H3;7-10H,1-5H2;1-3H,4H2;2*1H;/q;;;;;+2/p-2. The molecule has 2 aromatic carbocycles. The maximum Gasteiger partial charge on any atom is -1.00 e. The van der Waals surface area contributed by atoms with Crippen molar-refractivity contribution in [1.82, 2.24) is 0 Å². The van der Waals surface area contributed by atoms with Crippen molar-refractivity contribution in [2.45, 2.75) is 58.8 Å². The molecule has 6 aliphatic carbocycles. The van der Waals surface area contributed by atoms with E-state index in [1.165, 1.54) is 43.2 Å². The van der Waals surface area contributed by atoms with E-state index < -0.39 is 17.4 Å². The van der Waals surface area contributed by atoms with E-state index in [1.807, 2.05) is 7.75 Å². The van der Waals surface area contributed by atoms with Crippen LogP contribution in [0.5, 0.6) is 0 Å². The van der Waals surface area contributed by atoms with Crippen LogP contribution < -0.4 is 28.7 Å². The molecular formula is C30H32Cl2Ti. The first kappa shape index (κ1) is 23.8. The third-order valence-electron chi connectivity index (χ3n) is 9.09. The Labute approximate surface area is 217 Å². The second-order valence-electron chi connectivity index (χ2n) is 11.1. The van der Waals surface area contributed by atoms with Crippen LogP contribution in [-0.4, -0.2) is 3.81 Å². The van der Waals surface area contributed by atoms with Crippen molar-refractivity contribution in [1.29, 1.82) is 0 Å². The summed E-state index contributed by atoms with van der Waals surface area (Å²) < 4.78 is 5.81. The van der Waals surface area contributed by atoms with Crippen molar-refractivity contribution in [2.75, 3.05) is 0 Å². The van der Waals surface area contributed by atoms with E-state index in [-0.39, 0.29) is 24.8 Å². The van der Waals surface area contributed by atoms with Crippen LogP contribution in [0.4, 0.5) is 0 Å². The maximum atomic E-state index is 2.54. The molecule has 0 N–H and O–H groups in total. The fraction of sp³-hybridized carbons (Fsp3) is 0.433. The monoisotopic (exact) mass is 510 g/mol. The van der Waals surface area contributed by atoms with E-state index in [1.54, 1.807) is 28.7 Å². The first-order valence-electron chi connectivity index (χ1n) is 12.5. The summed E-state index contributed by atoms with van der Waals surface area (Å²) in [5.41, 5.74) is 9.33. The van der Waals surface area contributed by atoms with Gasteiger partial charge in [-0.2, -0.15) is 0 Å². The summed E-state index contributed by atoms with van der Waals surface area (Å²) in [7, 11) is 0. The first-order valence-corrected chi connectivity index (χ1v) is 14.8. The number of rotatable bonds is 2. The zero-order valence-corrected chi connectivity index (χ0v) is 22.7. The first-order chi connectivity index (χ1) is 15.2. The molecule has 6 aliphatic rings.